The molecule has 43 valence electrons. The van der Waals surface area contributed by atoms with Crippen molar-refractivity contribution in [2.75, 3.05) is 0 Å². The molecule has 0 aromatic heterocycles. The van der Waals surface area contributed by atoms with Gasteiger partial charge in [0, 0.05) is 22.4 Å². The summed E-state index contributed by atoms with van der Waals surface area (Å²) in [4.78, 5) is 0. The first-order chi connectivity index (χ1) is 2.00. The Morgan fingerprint density at radius 3 is 0.833 bits per heavy atom. The van der Waals surface area contributed by atoms with Crippen LogP contribution in [0.2, 0.25) is 0 Å². The smallest absolute Gasteiger partial charge is 0.110 e. The van der Waals surface area contributed by atoms with Crippen molar-refractivity contribution >= 4 is 49.6 Å². The molecule has 0 saturated carbocycles. The molecule has 0 aromatic carbocycles. The second kappa shape index (κ2) is 4.04. The Morgan fingerprint density at radius 2 is 0.833 bits per heavy atom. The zero-order valence-corrected chi connectivity index (χ0v) is 8.50. The molecule has 0 aliphatic carbocycles. The molecule has 0 amide bonds. The molecular weight excluding hydrogens is 367 g/mol. The molecule has 0 saturated heterocycles. The van der Waals surface area contributed by atoms with Crippen LogP contribution >= 0.6 is 44.3 Å². The van der Waals surface area contributed by atoms with E-state index in [1.807, 2.05) is 0 Å². The Balaban J connectivity index is 0. The van der Waals surface area contributed by atoms with E-state index >= 15 is 0 Å². The van der Waals surface area contributed by atoms with Crippen LogP contribution in [0.4, 0.5) is 0 Å². The van der Waals surface area contributed by atoms with Crippen LogP contribution in [-0.2, 0) is 22.4 Å². The second-order valence-electron chi connectivity index (χ2n) is 0.429. The van der Waals surface area contributed by atoms with Gasteiger partial charge in [0.05, 0.1) is 0 Å². The molecule has 0 N–H and O–H groups in total. The van der Waals surface area contributed by atoms with Gasteiger partial charge in [-0.1, -0.05) is 0 Å². The first kappa shape index (κ1) is 11.0. The summed E-state index contributed by atoms with van der Waals surface area (Å²) in [6, 6.07) is 0. The minimum absolute atomic E-state index is 0. The summed E-state index contributed by atoms with van der Waals surface area (Å²) in [5.74, 6) is 0. The Morgan fingerprint density at radius 1 is 0.833 bits per heavy atom. The van der Waals surface area contributed by atoms with E-state index in [-0.39, 0.29) is 22.4 Å². The molecule has 6 heavy (non-hydrogen) atoms. The first-order valence-corrected chi connectivity index (χ1v) is 6.80. The van der Waals surface area contributed by atoms with Crippen LogP contribution in [0.25, 0.3) is 0 Å². The predicted molar refractivity (Wildman–Crippen MR) is 29.2 cm³/mol. The molecule has 0 fully saturated rings. The molecule has 0 bridgehead atoms. The fourth-order valence-corrected chi connectivity index (χ4v) is 0. The second-order valence-corrected chi connectivity index (χ2v) is 11.6. The van der Waals surface area contributed by atoms with Crippen molar-refractivity contribution in [3.63, 3.8) is 0 Å². The van der Waals surface area contributed by atoms with Gasteiger partial charge in [-0.05, 0) is 0 Å². The topological polar surface area (TPSA) is 0 Å². The maximum Gasteiger partial charge on any atom is 0.440 e. The quantitative estimate of drug-likeness (QED) is 0.456. The van der Waals surface area contributed by atoms with Gasteiger partial charge in [-0.3, -0.25) is 0 Å². The van der Waals surface area contributed by atoms with Crippen LogP contribution in [-0.4, -0.2) is 5.31 Å². The Kier molecular flexibility index (Phi) is 7.40. The molecule has 0 unspecified atom stereocenters. The van der Waals surface area contributed by atoms with Crippen molar-refractivity contribution < 1.29 is 22.4 Å². The third-order valence-electron chi connectivity index (χ3n) is 0. The zero-order chi connectivity index (χ0) is 4.50. The maximum absolute atomic E-state index is 4.97. The van der Waals surface area contributed by atoms with E-state index in [2.05, 4.69) is 0 Å². The van der Waals surface area contributed by atoms with Gasteiger partial charge in [0.25, 0.3) is 0 Å². The third-order valence-corrected chi connectivity index (χ3v) is 0. The molecule has 0 atom stereocenters. The fourth-order valence-electron chi connectivity index (χ4n) is 0. The minimum atomic E-state index is -2.72. The van der Waals surface area contributed by atoms with E-state index in [1.54, 1.807) is 0 Å². The standard InChI is InChI=1S/Au.Cl4Si/c;1-5(2,3)4. The predicted octanol–water partition coefficient (Wildman–Crippen LogP) is 2.37. The summed E-state index contributed by atoms with van der Waals surface area (Å²) in [5, 5.41) is -2.72. The summed E-state index contributed by atoms with van der Waals surface area (Å²) in [5.41, 5.74) is 0. The van der Waals surface area contributed by atoms with Crippen LogP contribution in [0.3, 0.4) is 0 Å². The van der Waals surface area contributed by atoms with Crippen LogP contribution in [0.15, 0.2) is 0 Å². The van der Waals surface area contributed by atoms with E-state index in [0.29, 0.717) is 0 Å². The average Bonchev–Trinajstić information content (AvgIpc) is 0.722. The molecule has 1 radical (unpaired) electrons. The number of halogens is 4. The minimum Gasteiger partial charge on any atom is -0.110 e. The number of hydrogen-bond donors (Lipinski definition) is 0. The van der Waals surface area contributed by atoms with E-state index < -0.39 is 5.31 Å². The van der Waals surface area contributed by atoms with Gasteiger partial charge >= 0.3 is 5.31 Å². The van der Waals surface area contributed by atoms with Crippen LogP contribution in [0.1, 0.15) is 0 Å². The zero-order valence-electron chi connectivity index (χ0n) is 2.31. The monoisotopic (exact) mass is 365 g/mol. The van der Waals surface area contributed by atoms with Gasteiger partial charge in [0.1, 0.15) is 0 Å². The van der Waals surface area contributed by atoms with Gasteiger partial charge in [-0.25, -0.2) is 0 Å². The average molecular weight is 367 g/mol. The van der Waals surface area contributed by atoms with E-state index in [0.717, 1.165) is 0 Å². The Labute approximate surface area is 71.4 Å². The largest absolute Gasteiger partial charge is 0.440 e. The number of rotatable bonds is 0. The molecule has 0 aromatic rings. The van der Waals surface area contributed by atoms with Gasteiger partial charge < -0.3 is 0 Å². The van der Waals surface area contributed by atoms with E-state index in [9.17, 15) is 0 Å². The van der Waals surface area contributed by atoms with Crippen LogP contribution in [0, 0.1) is 0 Å². The van der Waals surface area contributed by atoms with Crippen molar-refractivity contribution in [2.24, 2.45) is 0 Å². The molecular formula is AuCl4Si. The molecule has 6 heteroatoms. The summed E-state index contributed by atoms with van der Waals surface area (Å²) in [7, 11) is 0. The van der Waals surface area contributed by atoms with Crippen molar-refractivity contribution in [1.82, 2.24) is 0 Å². The van der Waals surface area contributed by atoms with E-state index in [1.165, 1.54) is 0 Å². The normalized spacial score (nSPS) is 10.0. The van der Waals surface area contributed by atoms with Crippen LogP contribution in [0.5, 0.6) is 0 Å². The maximum atomic E-state index is 4.97. The SMILES string of the molecule is Cl[Si](Cl)(Cl)Cl.[Au]. The van der Waals surface area contributed by atoms with Gasteiger partial charge in [0.2, 0.25) is 0 Å². The van der Waals surface area contributed by atoms with Gasteiger partial charge in [0.15, 0.2) is 0 Å². The summed E-state index contributed by atoms with van der Waals surface area (Å²) in [6.07, 6.45) is 0. The summed E-state index contributed by atoms with van der Waals surface area (Å²) < 4.78 is 0. The van der Waals surface area contributed by atoms with Crippen molar-refractivity contribution in [1.29, 1.82) is 0 Å². The third kappa shape index (κ3) is 35.7. The molecule has 0 nitrogen and oxygen atoms in total. The Hall–Kier alpha value is 2.12. The van der Waals surface area contributed by atoms with Crippen LogP contribution < -0.4 is 0 Å². The van der Waals surface area contributed by atoms with E-state index in [4.69, 9.17) is 44.3 Å². The fraction of sp³-hybridized carbons (Fsp3) is 0. The van der Waals surface area contributed by atoms with Crippen molar-refractivity contribution in [2.45, 2.75) is 0 Å². The molecule has 0 rings (SSSR count). The summed E-state index contributed by atoms with van der Waals surface area (Å²) >= 11 is 19.9. The molecule has 0 aliphatic heterocycles. The number of hydrogen-bond acceptors (Lipinski definition) is 0. The van der Waals surface area contributed by atoms with Crippen molar-refractivity contribution in [3.05, 3.63) is 0 Å². The van der Waals surface area contributed by atoms with Gasteiger partial charge in [-0.15, -0.1) is 44.3 Å². The molecule has 0 aliphatic rings. The molecule has 0 spiro atoms. The molecule has 0 heterocycles. The van der Waals surface area contributed by atoms with Gasteiger partial charge in [-0.2, -0.15) is 0 Å². The Bertz CT molecular complexity index is 23.0. The van der Waals surface area contributed by atoms with Crippen molar-refractivity contribution in [3.8, 4) is 0 Å². The first-order valence-electron chi connectivity index (χ1n) is 0.756. The summed E-state index contributed by atoms with van der Waals surface area (Å²) in [6.45, 7) is 0.